The molecule has 0 bridgehead atoms. The van der Waals surface area contributed by atoms with Gasteiger partial charge in [-0.3, -0.25) is 14.5 Å². The van der Waals surface area contributed by atoms with E-state index in [2.05, 4.69) is 0 Å². The fourth-order valence-corrected chi connectivity index (χ4v) is 4.16. The number of ether oxygens (including phenoxy) is 3. The van der Waals surface area contributed by atoms with Crippen LogP contribution in [-0.4, -0.2) is 43.6 Å². The number of ketones is 1. The molecule has 0 radical (unpaired) electrons. The van der Waals surface area contributed by atoms with Crippen molar-refractivity contribution in [3.05, 3.63) is 95.1 Å². The molecule has 1 heterocycles. The molecule has 1 aliphatic rings. The number of esters is 1. The Hall–Kier alpha value is -4.59. The molecule has 3 aromatic rings. The van der Waals surface area contributed by atoms with Gasteiger partial charge in [0.05, 0.1) is 38.0 Å². The van der Waals surface area contributed by atoms with Gasteiger partial charge >= 0.3 is 5.97 Å². The third kappa shape index (κ3) is 4.40. The van der Waals surface area contributed by atoms with Crippen LogP contribution < -0.4 is 14.4 Å². The summed E-state index contributed by atoms with van der Waals surface area (Å²) in [6.07, 6.45) is 0. The van der Waals surface area contributed by atoms with Crippen LogP contribution in [0, 0.1) is 0 Å². The third-order valence-corrected chi connectivity index (χ3v) is 5.87. The number of carbonyl (C=O) groups excluding carboxylic acids is 3. The Morgan fingerprint density at radius 3 is 2.17 bits per heavy atom. The molecule has 1 atom stereocenters. The van der Waals surface area contributed by atoms with Crippen molar-refractivity contribution in [2.45, 2.75) is 13.0 Å². The molecular formula is C28H25NO7. The van der Waals surface area contributed by atoms with Gasteiger partial charge < -0.3 is 19.3 Å². The molecule has 0 aromatic heterocycles. The van der Waals surface area contributed by atoms with Gasteiger partial charge in [0.15, 0.2) is 11.5 Å². The van der Waals surface area contributed by atoms with Crippen molar-refractivity contribution in [3.8, 4) is 11.5 Å². The molecule has 8 heteroatoms. The summed E-state index contributed by atoms with van der Waals surface area (Å²) in [4.78, 5) is 40.0. The molecule has 4 rings (SSSR count). The monoisotopic (exact) mass is 487 g/mol. The minimum atomic E-state index is -0.960. The second kappa shape index (κ2) is 10.4. The Labute approximate surface area is 208 Å². The first-order valence-electron chi connectivity index (χ1n) is 11.3. The van der Waals surface area contributed by atoms with Crippen LogP contribution in [0.2, 0.25) is 0 Å². The quantitative estimate of drug-likeness (QED) is 0.226. The first-order chi connectivity index (χ1) is 17.4. The molecule has 8 nitrogen and oxygen atoms in total. The largest absolute Gasteiger partial charge is 0.507 e. The van der Waals surface area contributed by atoms with E-state index in [9.17, 15) is 19.5 Å². The first-order valence-corrected chi connectivity index (χ1v) is 11.3. The maximum absolute atomic E-state index is 13.3. The van der Waals surface area contributed by atoms with E-state index < -0.39 is 23.7 Å². The van der Waals surface area contributed by atoms with E-state index >= 15 is 0 Å². The lowest BCUT2D eigenvalue weighted by atomic mass is 9.94. The Kier molecular flexibility index (Phi) is 7.05. The van der Waals surface area contributed by atoms with E-state index in [0.29, 0.717) is 33.9 Å². The highest BCUT2D eigenvalue weighted by atomic mass is 16.5. The van der Waals surface area contributed by atoms with Gasteiger partial charge in [-0.15, -0.1) is 0 Å². The molecule has 3 aromatic carbocycles. The maximum Gasteiger partial charge on any atom is 0.338 e. The van der Waals surface area contributed by atoms with Crippen molar-refractivity contribution >= 4 is 29.1 Å². The summed E-state index contributed by atoms with van der Waals surface area (Å²) in [5.74, 6) is -1.55. The van der Waals surface area contributed by atoms with E-state index in [-0.39, 0.29) is 17.9 Å². The number of carbonyl (C=O) groups is 3. The minimum absolute atomic E-state index is 0.0621. The first kappa shape index (κ1) is 24.5. The summed E-state index contributed by atoms with van der Waals surface area (Å²) in [6.45, 7) is 1.94. The van der Waals surface area contributed by atoms with E-state index in [1.54, 1.807) is 67.6 Å². The standard InChI is InChI=1S/C28H25NO7/c1-4-36-28(33)18-10-13-20(14-11-18)29-24(19-12-15-21(34-2)22(16-19)35-3)23(26(31)27(29)32)25(30)17-8-6-5-7-9-17/h5-16,24,30H,4H2,1-3H3/b25-23+. The van der Waals surface area contributed by atoms with Gasteiger partial charge in [-0.05, 0) is 48.9 Å². The average molecular weight is 488 g/mol. The van der Waals surface area contributed by atoms with Gasteiger partial charge in [0.2, 0.25) is 0 Å². The van der Waals surface area contributed by atoms with Crippen LogP contribution in [0.3, 0.4) is 0 Å². The number of aliphatic hydroxyl groups excluding tert-OH is 1. The molecule has 1 amide bonds. The lowest BCUT2D eigenvalue weighted by Crippen LogP contribution is -2.29. The number of nitrogens with zero attached hydrogens (tertiary/aromatic N) is 1. The van der Waals surface area contributed by atoms with E-state index in [0.717, 1.165) is 0 Å². The molecule has 0 saturated carbocycles. The van der Waals surface area contributed by atoms with Crippen LogP contribution in [0.4, 0.5) is 5.69 Å². The van der Waals surface area contributed by atoms with Crippen LogP contribution in [0.25, 0.3) is 5.76 Å². The molecule has 1 unspecified atom stereocenters. The Balaban J connectivity index is 1.89. The summed E-state index contributed by atoms with van der Waals surface area (Å²) in [7, 11) is 2.99. The highest BCUT2D eigenvalue weighted by Crippen LogP contribution is 2.44. The molecule has 0 spiro atoms. The van der Waals surface area contributed by atoms with Crippen molar-refractivity contribution in [2.75, 3.05) is 25.7 Å². The van der Waals surface area contributed by atoms with Gasteiger partial charge in [0.1, 0.15) is 5.76 Å². The molecule has 1 fully saturated rings. The number of hydrogen-bond donors (Lipinski definition) is 1. The molecule has 1 saturated heterocycles. The van der Waals surface area contributed by atoms with Crippen molar-refractivity contribution in [2.24, 2.45) is 0 Å². The van der Waals surface area contributed by atoms with E-state index in [4.69, 9.17) is 14.2 Å². The highest BCUT2D eigenvalue weighted by Gasteiger charge is 2.47. The Bertz CT molecular complexity index is 1330. The van der Waals surface area contributed by atoms with Crippen molar-refractivity contribution in [1.29, 1.82) is 0 Å². The Morgan fingerprint density at radius 1 is 0.889 bits per heavy atom. The van der Waals surface area contributed by atoms with E-state index in [1.807, 2.05) is 0 Å². The summed E-state index contributed by atoms with van der Waals surface area (Å²) >= 11 is 0. The van der Waals surface area contributed by atoms with Crippen LogP contribution in [-0.2, 0) is 14.3 Å². The predicted molar refractivity (Wildman–Crippen MR) is 133 cm³/mol. The maximum atomic E-state index is 13.3. The number of anilines is 1. The zero-order valence-electron chi connectivity index (χ0n) is 20.1. The molecule has 184 valence electrons. The lowest BCUT2D eigenvalue weighted by Gasteiger charge is -2.26. The second-order valence-electron chi connectivity index (χ2n) is 7.92. The van der Waals surface area contributed by atoms with Gasteiger partial charge in [0.25, 0.3) is 11.7 Å². The molecule has 36 heavy (non-hydrogen) atoms. The van der Waals surface area contributed by atoms with Gasteiger partial charge in [0, 0.05) is 11.3 Å². The smallest absolute Gasteiger partial charge is 0.338 e. The second-order valence-corrected chi connectivity index (χ2v) is 7.92. The number of aliphatic hydroxyl groups is 1. The van der Waals surface area contributed by atoms with Crippen LogP contribution in [0.15, 0.2) is 78.4 Å². The number of methoxy groups -OCH3 is 2. The van der Waals surface area contributed by atoms with Crippen molar-refractivity contribution < 1.29 is 33.7 Å². The predicted octanol–water partition coefficient (Wildman–Crippen LogP) is 4.51. The summed E-state index contributed by atoms with van der Waals surface area (Å²) in [5.41, 5.74) is 1.55. The summed E-state index contributed by atoms with van der Waals surface area (Å²) < 4.78 is 15.8. The molecule has 0 aliphatic carbocycles. The number of benzene rings is 3. The zero-order valence-corrected chi connectivity index (χ0v) is 20.1. The number of amides is 1. The van der Waals surface area contributed by atoms with Gasteiger partial charge in [-0.1, -0.05) is 36.4 Å². The molecule has 1 aliphatic heterocycles. The molecular weight excluding hydrogens is 462 g/mol. The van der Waals surface area contributed by atoms with Gasteiger partial charge in [-0.25, -0.2) is 4.79 Å². The van der Waals surface area contributed by atoms with E-state index in [1.165, 1.54) is 31.3 Å². The van der Waals surface area contributed by atoms with Gasteiger partial charge in [-0.2, -0.15) is 0 Å². The minimum Gasteiger partial charge on any atom is -0.507 e. The zero-order chi connectivity index (χ0) is 25.8. The van der Waals surface area contributed by atoms with Crippen LogP contribution in [0.5, 0.6) is 11.5 Å². The number of hydrogen-bond acceptors (Lipinski definition) is 7. The van der Waals surface area contributed by atoms with Crippen LogP contribution >= 0.6 is 0 Å². The number of rotatable bonds is 7. The lowest BCUT2D eigenvalue weighted by molar-refractivity contribution is -0.132. The third-order valence-electron chi connectivity index (χ3n) is 5.87. The SMILES string of the molecule is CCOC(=O)c1ccc(N2C(=O)C(=O)/C(=C(/O)c3ccccc3)C2c2ccc(OC)c(OC)c2)cc1. The fourth-order valence-electron chi connectivity index (χ4n) is 4.16. The summed E-state index contributed by atoms with van der Waals surface area (Å²) in [5, 5.41) is 11.2. The van der Waals surface area contributed by atoms with Crippen molar-refractivity contribution in [3.63, 3.8) is 0 Å². The number of Topliss-reactive ketones (excluding diaryl/α,β-unsaturated/α-hetero) is 1. The summed E-state index contributed by atoms with van der Waals surface area (Å²) in [6, 6.07) is 18.8. The fraction of sp³-hybridized carbons (Fsp3) is 0.179. The Morgan fingerprint density at radius 2 is 1.56 bits per heavy atom. The van der Waals surface area contributed by atoms with Crippen LogP contribution in [0.1, 0.15) is 34.5 Å². The van der Waals surface area contributed by atoms with Crippen molar-refractivity contribution in [1.82, 2.24) is 0 Å². The molecule has 1 N–H and O–H groups in total. The topological polar surface area (TPSA) is 102 Å². The normalized spacial score (nSPS) is 16.6. The average Bonchev–Trinajstić information content (AvgIpc) is 3.18. The highest BCUT2D eigenvalue weighted by molar-refractivity contribution is 6.51.